The number of hydrogen-bond acceptors (Lipinski definition) is 8. The van der Waals surface area contributed by atoms with E-state index in [1.807, 2.05) is 36.0 Å². The highest BCUT2D eigenvalue weighted by atomic mass is 32.2. The lowest BCUT2D eigenvalue weighted by atomic mass is 10.2. The van der Waals surface area contributed by atoms with Crippen molar-refractivity contribution >= 4 is 39.6 Å². The van der Waals surface area contributed by atoms with E-state index >= 15 is 0 Å². The van der Waals surface area contributed by atoms with Gasteiger partial charge in [0.05, 0.1) is 32.4 Å². The second-order valence-electron chi connectivity index (χ2n) is 6.95. The predicted molar refractivity (Wildman–Crippen MR) is 126 cm³/mol. The van der Waals surface area contributed by atoms with Crippen LogP contribution >= 0.6 is 11.8 Å². The molecule has 3 rings (SSSR count). The van der Waals surface area contributed by atoms with Crippen LogP contribution in [0.4, 0.5) is 5.69 Å². The number of nitrogens with one attached hydrogen (secondary N) is 1. The number of hydrogen-bond donors (Lipinski definition) is 1. The molecule has 11 heteroatoms. The Labute approximate surface area is 191 Å². The molecule has 172 valence electrons. The van der Waals surface area contributed by atoms with Crippen LogP contribution in [0.5, 0.6) is 17.2 Å². The number of anilines is 1. The number of thioether (sulfide) groups is 1. The molecule has 1 saturated heterocycles. The molecule has 0 radical (unpaired) electrons. The summed E-state index contributed by atoms with van der Waals surface area (Å²) in [4.78, 5) is 12.3. The number of nitrogens with zero attached hydrogens (tertiary/aromatic N) is 2. The largest absolute Gasteiger partial charge is 0.493 e. The van der Waals surface area contributed by atoms with Gasteiger partial charge in [-0.3, -0.25) is 9.10 Å². The Morgan fingerprint density at radius 3 is 2.41 bits per heavy atom. The molecule has 0 atom stereocenters. The van der Waals surface area contributed by atoms with Gasteiger partial charge in [0, 0.05) is 17.6 Å². The van der Waals surface area contributed by atoms with Gasteiger partial charge in [-0.2, -0.15) is 16.9 Å². The summed E-state index contributed by atoms with van der Waals surface area (Å²) in [6, 6.07) is 11.9. The first-order valence-electron chi connectivity index (χ1n) is 9.66. The number of ether oxygens (including phenoxy) is 3. The van der Waals surface area contributed by atoms with E-state index in [9.17, 15) is 13.2 Å². The molecule has 0 saturated carbocycles. The van der Waals surface area contributed by atoms with E-state index in [1.165, 1.54) is 32.6 Å². The number of amides is 1. The van der Waals surface area contributed by atoms with Crippen molar-refractivity contribution in [3.05, 3.63) is 48.0 Å². The highest BCUT2D eigenvalue weighted by Crippen LogP contribution is 2.32. The van der Waals surface area contributed by atoms with Gasteiger partial charge >= 0.3 is 0 Å². The molecule has 0 unspecified atom stereocenters. The van der Waals surface area contributed by atoms with E-state index in [4.69, 9.17) is 14.2 Å². The van der Waals surface area contributed by atoms with Gasteiger partial charge in [-0.15, -0.1) is 0 Å². The zero-order valence-corrected chi connectivity index (χ0v) is 19.6. The molecule has 0 aliphatic carbocycles. The van der Waals surface area contributed by atoms with E-state index in [-0.39, 0.29) is 11.8 Å². The molecule has 2 aromatic carbocycles. The molecule has 2 aromatic rings. The van der Waals surface area contributed by atoms with Crippen LogP contribution in [-0.4, -0.2) is 65.2 Å². The molecule has 9 nitrogen and oxygen atoms in total. The summed E-state index contributed by atoms with van der Waals surface area (Å²) in [5.74, 6) is 2.99. The molecule has 1 amide bonds. The lowest BCUT2D eigenvalue weighted by Gasteiger charge is -2.25. The van der Waals surface area contributed by atoms with Gasteiger partial charge in [0.25, 0.3) is 5.91 Å². The normalized spacial score (nSPS) is 14.0. The number of carbonyl (C=O) groups is 1. The second-order valence-corrected chi connectivity index (χ2v) is 9.93. The van der Waals surface area contributed by atoms with E-state index in [2.05, 4.69) is 10.5 Å². The van der Waals surface area contributed by atoms with Gasteiger partial charge in [-0.25, -0.2) is 13.8 Å². The summed E-state index contributed by atoms with van der Waals surface area (Å²) in [7, 11) is -0.817. The van der Waals surface area contributed by atoms with Gasteiger partial charge in [-0.05, 0) is 42.0 Å². The van der Waals surface area contributed by atoms with Crippen LogP contribution in [0.1, 0.15) is 5.56 Å². The molecule has 1 aliphatic heterocycles. The van der Waals surface area contributed by atoms with Gasteiger partial charge in [-0.1, -0.05) is 0 Å². The first-order valence-corrected chi connectivity index (χ1v) is 12.7. The lowest BCUT2D eigenvalue weighted by Crippen LogP contribution is -2.39. The van der Waals surface area contributed by atoms with Gasteiger partial charge in [0.1, 0.15) is 18.4 Å². The van der Waals surface area contributed by atoms with Gasteiger partial charge in [0.15, 0.2) is 11.5 Å². The highest BCUT2D eigenvalue weighted by molar-refractivity contribution is 8.00. The molecule has 1 fully saturated rings. The maximum atomic E-state index is 12.3. The Bertz CT molecular complexity index is 1070. The summed E-state index contributed by atoms with van der Waals surface area (Å²) in [5.41, 5.74) is 3.39. The molecule has 0 bridgehead atoms. The van der Waals surface area contributed by atoms with Crippen LogP contribution < -0.4 is 23.9 Å². The number of methoxy groups -OCH3 is 2. The standard InChI is InChI=1S/C21H25N3O6S2/c1-28-19-9-6-16(10-20(19)29-2)24(32(3,26)27)12-21(25)23-22-11-15-4-7-17(8-5-15)30-18-13-31-14-18/h4-11,18H,12-14H2,1-3H3,(H,23,25)/b22-11-. The average molecular weight is 480 g/mol. The third kappa shape index (κ3) is 6.30. The number of sulfonamides is 1. The quantitative estimate of drug-likeness (QED) is 0.411. The minimum Gasteiger partial charge on any atom is -0.493 e. The SMILES string of the molecule is COc1ccc(N(CC(=O)N/N=C\c2ccc(OC3CSC3)cc2)S(C)(=O)=O)cc1OC. The van der Waals surface area contributed by atoms with E-state index in [0.29, 0.717) is 11.5 Å². The number of benzene rings is 2. The first kappa shape index (κ1) is 23.7. The van der Waals surface area contributed by atoms with Crippen LogP contribution in [0.25, 0.3) is 0 Å². The molecule has 0 aromatic heterocycles. The number of carbonyl (C=O) groups excluding carboxylic acids is 1. The van der Waals surface area contributed by atoms with Crippen LogP contribution in [0.2, 0.25) is 0 Å². The van der Waals surface area contributed by atoms with E-state index in [1.54, 1.807) is 6.07 Å². The third-order valence-electron chi connectivity index (χ3n) is 4.54. The van der Waals surface area contributed by atoms with Crippen LogP contribution in [0.15, 0.2) is 47.6 Å². The maximum Gasteiger partial charge on any atom is 0.260 e. The molecule has 32 heavy (non-hydrogen) atoms. The van der Waals surface area contributed by atoms with E-state index < -0.39 is 22.5 Å². The van der Waals surface area contributed by atoms with Gasteiger partial charge < -0.3 is 14.2 Å². The summed E-state index contributed by atoms with van der Waals surface area (Å²) in [6.45, 7) is -0.447. The fourth-order valence-corrected chi connectivity index (χ4v) is 4.24. The number of hydrazone groups is 1. The van der Waals surface area contributed by atoms with Crippen LogP contribution in [-0.2, 0) is 14.8 Å². The monoisotopic (exact) mass is 479 g/mol. The van der Waals surface area contributed by atoms with Crippen molar-refractivity contribution in [2.75, 3.05) is 42.8 Å². The van der Waals surface area contributed by atoms with Crippen molar-refractivity contribution in [2.24, 2.45) is 5.10 Å². The fourth-order valence-electron chi connectivity index (χ4n) is 2.83. The Morgan fingerprint density at radius 1 is 1.16 bits per heavy atom. The smallest absolute Gasteiger partial charge is 0.260 e. The minimum absolute atomic E-state index is 0.266. The predicted octanol–water partition coefficient (Wildman–Crippen LogP) is 2.11. The molecule has 1 aliphatic rings. The molecular formula is C21H25N3O6S2. The minimum atomic E-state index is -3.74. The number of rotatable bonds is 10. The molecule has 0 spiro atoms. The molecule has 1 heterocycles. The first-order chi connectivity index (χ1) is 15.3. The summed E-state index contributed by atoms with van der Waals surface area (Å²) in [5, 5.41) is 3.91. The Kier molecular flexibility index (Phi) is 7.86. The summed E-state index contributed by atoms with van der Waals surface area (Å²) < 4.78 is 41.7. The van der Waals surface area contributed by atoms with E-state index in [0.717, 1.165) is 33.4 Å². The van der Waals surface area contributed by atoms with Crippen molar-refractivity contribution in [3.63, 3.8) is 0 Å². The van der Waals surface area contributed by atoms with Crippen LogP contribution in [0.3, 0.4) is 0 Å². The Hall–Kier alpha value is -2.92. The van der Waals surface area contributed by atoms with Crippen molar-refractivity contribution in [3.8, 4) is 17.2 Å². The Morgan fingerprint density at radius 2 is 1.84 bits per heavy atom. The van der Waals surface area contributed by atoms with Crippen molar-refractivity contribution in [1.29, 1.82) is 0 Å². The maximum absolute atomic E-state index is 12.3. The fraction of sp³-hybridized carbons (Fsp3) is 0.333. The third-order valence-corrected chi connectivity index (χ3v) is 6.89. The van der Waals surface area contributed by atoms with Crippen molar-refractivity contribution in [1.82, 2.24) is 5.43 Å². The molecular weight excluding hydrogens is 454 g/mol. The topological polar surface area (TPSA) is 107 Å². The summed E-state index contributed by atoms with van der Waals surface area (Å²) in [6.07, 6.45) is 2.76. The van der Waals surface area contributed by atoms with Crippen molar-refractivity contribution < 1.29 is 27.4 Å². The zero-order valence-electron chi connectivity index (χ0n) is 18.0. The Balaban J connectivity index is 1.62. The highest BCUT2D eigenvalue weighted by Gasteiger charge is 2.22. The van der Waals surface area contributed by atoms with Crippen LogP contribution in [0, 0.1) is 0 Å². The average Bonchev–Trinajstić information content (AvgIpc) is 2.74. The lowest BCUT2D eigenvalue weighted by molar-refractivity contribution is -0.119. The molecule has 1 N–H and O–H groups in total. The zero-order chi connectivity index (χ0) is 23.1. The van der Waals surface area contributed by atoms with Gasteiger partial charge in [0.2, 0.25) is 10.0 Å². The second kappa shape index (κ2) is 10.6. The van der Waals surface area contributed by atoms with Crippen molar-refractivity contribution in [2.45, 2.75) is 6.10 Å². The summed E-state index contributed by atoms with van der Waals surface area (Å²) >= 11 is 1.85.